The number of para-hydroxylation sites is 1. The number of hydrogen-bond donors (Lipinski definition) is 1. The van der Waals surface area contributed by atoms with Crippen LogP contribution >= 0.6 is 0 Å². The average molecular weight is 414 g/mol. The minimum Gasteiger partial charge on any atom is -0.322 e. The quantitative estimate of drug-likeness (QED) is 0.255. The molecule has 1 N–H and O–H groups in total. The molecule has 3 heteroatoms. The summed E-state index contributed by atoms with van der Waals surface area (Å²) in [7, 11) is 0. The molecule has 0 radical (unpaired) electrons. The zero-order valence-corrected chi connectivity index (χ0v) is 18.4. The van der Waals surface area contributed by atoms with Crippen molar-refractivity contribution in [3.8, 4) is 0 Å². The zero-order chi connectivity index (χ0) is 22.4. The molecule has 31 heavy (non-hydrogen) atoms. The van der Waals surface area contributed by atoms with Gasteiger partial charge in [-0.2, -0.15) is 0 Å². The van der Waals surface area contributed by atoms with Crippen LogP contribution < -0.4 is 5.32 Å². The second kappa shape index (κ2) is 10.0. The Balaban J connectivity index is 2.23. The van der Waals surface area contributed by atoms with Crippen LogP contribution in [0.5, 0.6) is 0 Å². The van der Waals surface area contributed by atoms with Crippen LogP contribution in [0.4, 0.5) is 10.1 Å². The fourth-order valence-electron chi connectivity index (χ4n) is 3.49. The molecule has 1 amide bonds. The highest BCUT2D eigenvalue weighted by molar-refractivity contribution is 6.19. The molecule has 0 aliphatic carbocycles. The van der Waals surface area contributed by atoms with Crippen LogP contribution in [0.3, 0.4) is 0 Å². The van der Waals surface area contributed by atoms with Gasteiger partial charge in [0.15, 0.2) is 0 Å². The molecule has 2 nitrogen and oxygen atoms in total. The summed E-state index contributed by atoms with van der Waals surface area (Å²) in [5.41, 5.74) is 5.98. The summed E-state index contributed by atoms with van der Waals surface area (Å²) in [5.74, 6) is -0.261. The van der Waals surface area contributed by atoms with Crippen LogP contribution in [0.15, 0.2) is 96.1 Å². The van der Waals surface area contributed by atoms with Gasteiger partial charge in [-0.25, -0.2) is 4.39 Å². The maximum absolute atomic E-state index is 13.6. The molecule has 0 heterocycles. The van der Waals surface area contributed by atoms with Gasteiger partial charge in [0.05, 0.1) is 0 Å². The first-order chi connectivity index (χ1) is 14.9. The van der Waals surface area contributed by atoms with Gasteiger partial charge in [0.25, 0.3) is 5.91 Å². The van der Waals surface area contributed by atoms with Gasteiger partial charge >= 0.3 is 0 Å². The van der Waals surface area contributed by atoms with Gasteiger partial charge in [-0.15, -0.1) is 0 Å². The largest absolute Gasteiger partial charge is 0.322 e. The van der Waals surface area contributed by atoms with Crippen molar-refractivity contribution in [2.24, 2.45) is 5.92 Å². The summed E-state index contributed by atoms with van der Waals surface area (Å²) in [4.78, 5) is 13.6. The van der Waals surface area contributed by atoms with Gasteiger partial charge < -0.3 is 5.32 Å². The second-order valence-electron chi connectivity index (χ2n) is 7.91. The van der Waals surface area contributed by atoms with E-state index in [9.17, 15) is 9.18 Å². The molecule has 0 aliphatic rings. The number of benzene rings is 3. The van der Waals surface area contributed by atoms with Crippen molar-refractivity contribution in [3.63, 3.8) is 0 Å². The molecule has 0 saturated heterocycles. The molecule has 158 valence electrons. The first kappa shape index (κ1) is 22.2. The van der Waals surface area contributed by atoms with Crippen LogP contribution in [0.25, 0.3) is 11.1 Å². The predicted octanol–water partition coefficient (Wildman–Crippen LogP) is 7.37. The number of anilines is 1. The number of hydrogen-bond acceptors (Lipinski definition) is 1. The van der Waals surface area contributed by atoms with Crippen LogP contribution in [0.2, 0.25) is 0 Å². The van der Waals surface area contributed by atoms with Crippen molar-refractivity contribution in [2.75, 3.05) is 5.32 Å². The van der Waals surface area contributed by atoms with Gasteiger partial charge in [-0.1, -0.05) is 80.1 Å². The van der Waals surface area contributed by atoms with Gasteiger partial charge in [0.2, 0.25) is 0 Å². The molecular weight excluding hydrogens is 385 g/mol. The summed E-state index contributed by atoms with van der Waals surface area (Å²) in [6.07, 6.45) is 0. The SMILES string of the molecule is C/C(=C(C(=O)Nc1ccccc1)\C(=C(/C)c1ccc(F)cc1)c1ccccc1)C(C)C. The molecule has 0 aliphatic heterocycles. The van der Waals surface area contributed by atoms with Crippen molar-refractivity contribution >= 4 is 22.7 Å². The molecule has 0 spiro atoms. The van der Waals surface area contributed by atoms with E-state index < -0.39 is 0 Å². The minimum atomic E-state index is -0.284. The first-order valence-corrected chi connectivity index (χ1v) is 10.5. The van der Waals surface area contributed by atoms with Crippen LogP contribution in [0, 0.1) is 11.7 Å². The normalized spacial score (nSPS) is 12.8. The lowest BCUT2D eigenvalue weighted by molar-refractivity contribution is -0.112. The number of nitrogens with one attached hydrogen (secondary N) is 1. The van der Waals surface area contributed by atoms with E-state index in [4.69, 9.17) is 0 Å². The summed E-state index contributed by atoms with van der Waals surface area (Å²) in [5, 5.41) is 3.05. The molecule has 0 unspecified atom stereocenters. The van der Waals surface area contributed by atoms with E-state index in [2.05, 4.69) is 19.2 Å². The van der Waals surface area contributed by atoms with Gasteiger partial charge in [-0.3, -0.25) is 4.79 Å². The summed E-state index contributed by atoms with van der Waals surface area (Å²) < 4.78 is 13.5. The Hall–Kier alpha value is -3.46. The molecule has 3 aromatic carbocycles. The van der Waals surface area contributed by atoms with E-state index in [0.29, 0.717) is 5.57 Å². The summed E-state index contributed by atoms with van der Waals surface area (Å²) in [6, 6.07) is 25.8. The Labute approximate surface area is 184 Å². The molecular formula is C28H28FNO. The van der Waals surface area contributed by atoms with Crippen molar-refractivity contribution in [2.45, 2.75) is 27.7 Å². The maximum Gasteiger partial charge on any atom is 0.256 e. The standard InChI is InChI=1S/C28H28FNO/c1-19(2)20(3)27(28(31)30-25-13-9-6-10-14-25)26(23-11-7-5-8-12-23)21(4)22-15-17-24(29)18-16-22/h5-19H,1-4H3,(H,30,31)/b26-21+,27-20-. The van der Waals surface area contributed by atoms with Gasteiger partial charge in [-0.05, 0) is 66.3 Å². The Kier molecular flexibility index (Phi) is 7.19. The molecule has 0 aromatic heterocycles. The zero-order valence-electron chi connectivity index (χ0n) is 18.4. The number of amides is 1. The third kappa shape index (κ3) is 5.37. The maximum atomic E-state index is 13.6. The molecule has 0 saturated carbocycles. The molecule has 0 atom stereocenters. The first-order valence-electron chi connectivity index (χ1n) is 10.5. The number of carbonyl (C=O) groups excluding carboxylic acids is 1. The highest BCUT2D eigenvalue weighted by atomic mass is 19.1. The smallest absolute Gasteiger partial charge is 0.256 e. The molecule has 0 bridgehead atoms. The molecule has 3 rings (SSSR count). The van der Waals surface area contributed by atoms with Crippen LogP contribution in [-0.2, 0) is 4.79 Å². The van der Waals surface area contributed by atoms with E-state index in [1.54, 1.807) is 12.1 Å². The van der Waals surface area contributed by atoms with Crippen LogP contribution in [-0.4, -0.2) is 5.91 Å². The fourth-order valence-corrected chi connectivity index (χ4v) is 3.49. The second-order valence-corrected chi connectivity index (χ2v) is 7.91. The van der Waals surface area contributed by atoms with E-state index in [1.165, 1.54) is 12.1 Å². The Morgan fingerprint density at radius 2 is 1.32 bits per heavy atom. The Morgan fingerprint density at radius 1 is 0.774 bits per heavy atom. The third-order valence-electron chi connectivity index (χ3n) is 5.48. The summed E-state index contributed by atoms with van der Waals surface area (Å²) in [6.45, 7) is 8.16. The van der Waals surface area contributed by atoms with Crippen LogP contribution in [0.1, 0.15) is 38.8 Å². The molecule has 3 aromatic rings. The highest BCUT2D eigenvalue weighted by Gasteiger charge is 2.23. The Bertz CT molecular complexity index is 1090. The van der Waals surface area contributed by atoms with E-state index in [1.807, 2.05) is 74.5 Å². The molecule has 0 fully saturated rings. The van der Waals surface area contributed by atoms with Crippen molar-refractivity contribution in [1.82, 2.24) is 0 Å². The topological polar surface area (TPSA) is 29.1 Å². The minimum absolute atomic E-state index is 0.155. The Morgan fingerprint density at radius 3 is 1.87 bits per heavy atom. The van der Waals surface area contributed by atoms with Crippen molar-refractivity contribution in [3.05, 3.63) is 113 Å². The third-order valence-corrected chi connectivity index (χ3v) is 5.48. The highest BCUT2D eigenvalue weighted by Crippen LogP contribution is 2.36. The predicted molar refractivity (Wildman–Crippen MR) is 128 cm³/mol. The van der Waals surface area contributed by atoms with Crippen molar-refractivity contribution < 1.29 is 9.18 Å². The number of halogens is 1. The lowest BCUT2D eigenvalue weighted by Gasteiger charge is -2.21. The monoisotopic (exact) mass is 413 g/mol. The lowest BCUT2D eigenvalue weighted by Crippen LogP contribution is -2.19. The lowest BCUT2D eigenvalue weighted by atomic mass is 9.85. The van der Waals surface area contributed by atoms with E-state index in [0.717, 1.165) is 33.5 Å². The number of allylic oxidation sites excluding steroid dienone is 2. The average Bonchev–Trinajstić information content (AvgIpc) is 2.78. The van der Waals surface area contributed by atoms with E-state index in [-0.39, 0.29) is 17.6 Å². The van der Waals surface area contributed by atoms with Gasteiger partial charge in [0, 0.05) is 11.3 Å². The number of carbonyl (C=O) groups is 1. The van der Waals surface area contributed by atoms with Crippen molar-refractivity contribution in [1.29, 1.82) is 0 Å². The summed E-state index contributed by atoms with van der Waals surface area (Å²) >= 11 is 0. The van der Waals surface area contributed by atoms with Gasteiger partial charge in [0.1, 0.15) is 5.82 Å². The van der Waals surface area contributed by atoms with E-state index >= 15 is 0 Å². The number of rotatable bonds is 6. The fraction of sp³-hybridized carbons (Fsp3) is 0.179.